The van der Waals surface area contributed by atoms with Crippen LogP contribution in [0.5, 0.6) is 0 Å². The van der Waals surface area contributed by atoms with Crippen molar-refractivity contribution in [2.75, 3.05) is 5.32 Å². The Labute approximate surface area is 108 Å². The number of nitrogens with zero attached hydrogens (tertiary/aromatic N) is 2. The summed E-state index contributed by atoms with van der Waals surface area (Å²) in [6, 6.07) is 14.3. The minimum absolute atomic E-state index is 0.0466. The quantitative estimate of drug-likeness (QED) is 0.895. The Morgan fingerprint density at radius 2 is 1.67 bits per heavy atom. The first-order valence-corrected chi connectivity index (χ1v) is 6.18. The third-order valence-corrected chi connectivity index (χ3v) is 2.75. The molecule has 2 rings (SSSR count). The van der Waals surface area contributed by atoms with Gasteiger partial charge in [0.2, 0.25) is 0 Å². The molecular weight excluding hydrogens is 222 g/mol. The van der Waals surface area contributed by atoms with Crippen LogP contribution in [0.3, 0.4) is 0 Å². The van der Waals surface area contributed by atoms with E-state index in [4.69, 9.17) is 0 Å². The van der Waals surface area contributed by atoms with Gasteiger partial charge in [-0.2, -0.15) is 5.10 Å². The molecule has 18 heavy (non-hydrogen) atoms. The lowest BCUT2D eigenvalue weighted by molar-refractivity contribution is 0.559. The number of aromatic nitrogens is 2. The van der Waals surface area contributed by atoms with Gasteiger partial charge in [-0.05, 0) is 17.7 Å². The average molecular weight is 241 g/mol. The summed E-state index contributed by atoms with van der Waals surface area (Å²) in [5.41, 5.74) is 2.29. The normalized spacial score (nSPS) is 11.3. The number of benzene rings is 1. The van der Waals surface area contributed by atoms with Gasteiger partial charge in [0.15, 0.2) is 0 Å². The first-order valence-electron chi connectivity index (χ1n) is 6.18. The van der Waals surface area contributed by atoms with Crippen LogP contribution in [0.4, 0.5) is 5.82 Å². The molecule has 94 valence electrons. The molecule has 0 aliphatic carbocycles. The topological polar surface area (TPSA) is 37.8 Å². The zero-order valence-electron chi connectivity index (χ0n) is 11.1. The SMILES string of the molecule is CC(C)(C)c1ccc(NCc2ccccc2)nn1. The Morgan fingerprint density at radius 3 is 2.22 bits per heavy atom. The lowest BCUT2D eigenvalue weighted by Crippen LogP contribution is -2.14. The van der Waals surface area contributed by atoms with E-state index in [0.29, 0.717) is 0 Å². The minimum Gasteiger partial charge on any atom is -0.365 e. The monoisotopic (exact) mass is 241 g/mol. The molecule has 0 saturated carbocycles. The Bertz CT molecular complexity index is 483. The smallest absolute Gasteiger partial charge is 0.148 e. The van der Waals surface area contributed by atoms with Crippen LogP contribution in [-0.4, -0.2) is 10.2 Å². The lowest BCUT2D eigenvalue weighted by atomic mass is 9.92. The predicted molar refractivity (Wildman–Crippen MR) is 74.5 cm³/mol. The summed E-state index contributed by atoms with van der Waals surface area (Å²) in [5.74, 6) is 0.812. The first kappa shape index (κ1) is 12.6. The maximum absolute atomic E-state index is 4.25. The highest BCUT2D eigenvalue weighted by Crippen LogP contribution is 2.19. The highest BCUT2D eigenvalue weighted by molar-refractivity contribution is 5.35. The van der Waals surface area contributed by atoms with Gasteiger partial charge >= 0.3 is 0 Å². The van der Waals surface area contributed by atoms with Crippen molar-refractivity contribution in [1.29, 1.82) is 0 Å². The van der Waals surface area contributed by atoms with E-state index in [1.807, 2.05) is 30.3 Å². The van der Waals surface area contributed by atoms with Gasteiger partial charge in [0.1, 0.15) is 5.82 Å². The minimum atomic E-state index is 0.0466. The first-order chi connectivity index (χ1) is 8.55. The van der Waals surface area contributed by atoms with E-state index in [1.165, 1.54) is 5.56 Å². The van der Waals surface area contributed by atoms with Crippen LogP contribution in [0.15, 0.2) is 42.5 Å². The molecule has 0 fully saturated rings. The molecule has 2 aromatic rings. The molecule has 0 radical (unpaired) electrons. The van der Waals surface area contributed by atoms with Crippen molar-refractivity contribution in [3.63, 3.8) is 0 Å². The van der Waals surface area contributed by atoms with Crippen molar-refractivity contribution >= 4 is 5.82 Å². The van der Waals surface area contributed by atoms with Crippen molar-refractivity contribution in [3.8, 4) is 0 Å². The number of hydrogen-bond donors (Lipinski definition) is 1. The highest BCUT2D eigenvalue weighted by atomic mass is 15.2. The van der Waals surface area contributed by atoms with Crippen LogP contribution in [0, 0.1) is 0 Å². The van der Waals surface area contributed by atoms with Gasteiger partial charge < -0.3 is 5.32 Å². The zero-order valence-corrected chi connectivity index (χ0v) is 11.1. The number of anilines is 1. The molecule has 0 aliphatic rings. The largest absolute Gasteiger partial charge is 0.365 e. The van der Waals surface area contributed by atoms with Crippen molar-refractivity contribution < 1.29 is 0 Å². The summed E-state index contributed by atoms with van der Waals surface area (Å²) in [4.78, 5) is 0. The van der Waals surface area contributed by atoms with E-state index < -0.39 is 0 Å². The van der Waals surface area contributed by atoms with Crippen molar-refractivity contribution in [3.05, 3.63) is 53.7 Å². The van der Waals surface area contributed by atoms with Gasteiger partial charge in [0.25, 0.3) is 0 Å². The average Bonchev–Trinajstić information content (AvgIpc) is 2.37. The number of hydrogen-bond acceptors (Lipinski definition) is 3. The molecule has 0 spiro atoms. The van der Waals surface area contributed by atoms with Crippen LogP contribution in [0.1, 0.15) is 32.0 Å². The van der Waals surface area contributed by atoms with Crippen molar-refractivity contribution in [2.24, 2.45) is 0 Å². The summed E-state index contributed by atoms with van der Waals surface area (Å²) in [7, 11) is 0. The summed E-state index contributed by atoms with van der Waals surface area (Å²) < 4.78 is 0. The second-order valence-corrected chi connectivity index (χ2v) is 5.39. The fourth-order valence-corrected chi connectivity index (χ4v) is 1.62. The van der Waals surface area contributed by atoms with E-state index in [0.717, 1.165) is 18.1 Å². The molecular formula is C15H19N3. The Morgan fingerprint density at radius 1 is 0.944 bits per heavy atom. The molecule has 0 aliphatic heterocycles. The van der Waals surface area contributed by atoms with Crippen LogP contribution in [0.25, 0.3) is 0 Å². The Hall–Kier alpha value is -1.90. The van der Waals surface area contributed by atoms with E-state index in [9.17, 15) is 0 Å². The molecule has 1 aromatic heterocycles. The molecule has 1 heterocycles. The molecule has 0 unspecified atom stereocenters. The van der Waals surface area contributed by atoms with E-state index in [-0.39, 0.29) is 5.41 Å². The third kappa shape index (κ3) is 3.29. The Kier molecular flexibility index (Phi) is 3.60. The maximum Gasteiger partial charge on any atom is 0.148 e. The predicted octanol–water partition coefficient (Wildman–Crippen LogP) is 3.39. The molecule has 3 nitrogen and oxygen atoms in total. The van der Waals surface area contributed by atoms with Crippen LogP contribution >= 0.6 is 0 Å². The second kappa shape index (κ2) is 5.17. The van der Waals surface area contributed by atoms with Gasteiger partial charge in [-0.15, -0.1) is 5.10 Å². The van der Waals surface area contributed by atoms with Gasteiger partial charge in [-0.25, -0.2) is 0 Å². The lowest BCUT2D eigenvalue weighted by Gasteiger charge is -2.16. The second-order valence-electron chi connectivity index (χ2n) is 5.39. The summed E-state index contributed by atoms with van der Waals surface area (Å²) >= 11 is 0. The maximum atomic E-state index is 4.25. The van der Waals surface area contributed by atoms with Crippen molar-refractivity contribution in [1.82, 2.24) is 10.2 Å². The molecule has 0 bridgehead atoms. The zero-order chi connectivity index (χ0) is 13.0. The standard InChI is InChI=1S/C15H19N3/c1-15(2,3)13-9-10-14(18-17-13)16-11-12-7-5-4-6-8-12/h4-10H,11H2,1-3H3,(H,16,18). The number of nitrogens with one attached hydrogen (secondary N) is 1. The fraction of sp³-hybridized carbons (Fsp3) is 0.333. The van der Waals surface area contributed by atoms with Crippen LogP contribution in [-0.2, 0) is 12.0 Å². The third-order valence-electron chi connectivity index (χ3n) is 2.75. The fourth-order valence-electron chi connectivity index (χ4n) is 1.62. The van der Waals surface area contributed by atoms with Crippen LogP contribution < -0.4 is 5.32 Å². The highest BCUT2D eigenvalue weighted by Gasteiger charge is 2.15. The van der Waals surface area contributed by atoms with Crippen molar-refractivity contribution in [2.45, 2.75) is 32.7 Å². The van der Waals surface area contributed by atoms with E-state index >= 15 is 0 Å². The van der Waals surface area contributed by atoms with Gasteiger partial charge in [0, 0.05) is 12.0 Å². The summed E-state index contributed by atoms with van der Waals surface area (Å²) in [5, 5.41) is 11.7. The molecule has 0 saturated heterocycles. The van der Waals surface area contributed by atoms with Gasteiger partial charge in [-0.3, -0.25) is 0 Å². The molecule has 3 heteroatoms. The van der Waals surface area contributed by atoms with E-state index in [1.54, 1.807) is 0 Å². The van der Waals surface area contributed by atoms with Gasteiger partial charge in [-0.1, -0.05) is 51.1 Å². The molecule has 1 N–H and O–H groups in total. The van der Waals surface area contributed by atoms with Gasteiger partial charge in [0.05, 0.1) is 5.69 Å². The van der Waals surface area contributed by atoms with E-state index in [2.05, 4.69) is 48.4 Å². The molecule has 0 atom stereocenters. The summed E-state index contributed by atoms with van der Waals surface area (Å²) in [6.45, 7) is 7.17. The van der Waals surface area contributed by atoms with Crippen LogP contribution in [0.2, 0.25) is 0 Å². The number of rotatable bonds is 3. The summed E-state index contributed by atoms with van der Waals surface area (Å²) in [6.07, 6.45) is 0. The molecule has 1 aromatic carbocycles. The molecule has 0 amide bonds. The Balaban J connectivity index is 1.99.